The van der Waals surface area contributed by atoms with E-state index in [0.717, 1.165) is 27.2 Å². The summed E-state index contributed by atoms with van der Waals surface area (Å²) in [7, 11) is 1.50. The van der Waals surface area contributed by atoms with Gasteiger partial charge in [0.25, 0.3) is 0 Å². The van der Waals surface area contributed by atoms with E-state index in [4.69, 9.17) is 20.3 Å². The molecule has 0 heterocycles. The second-order valence-electron chi connectivity index (χ2n) is 8.51. The number of fused-ring (bicyclic) bond motifs is 3. The van der Waals surface area contributed by atoms with E-state index in [9.17, 15) is 9.59 Å². The van der Waals surface area contributed by atoms with E-state index < -0.39 is 18.6 Å². The summed E-state index contributed by atoms with van der Waals surface area (Å²) in [5.41, 5.74) is 10.2. The van der Waals surface area contributed by atoms with Crippen LogP contribution in [0.1, 0.15) is 49.1 Å². The van der Waals surface area contributed by atoms with Gasteiger partial charge in [0.15, 0.2) is 0 Å². The molecule has 0 aromatic heterocycles. The molecule has 0 atom stereocenters. The van der Waals surface area contributed by atoms with E-state index in [1.165, 1.54) is 39.2 Å². The van der Waals surface area contributed by atoms with Crippen molar-refractivity contribution in [2.24, 2.45) is 5.73 Å². The largest absolute Gasteiger partial charge is 0.480 e. The zero-order valence-corrected chi connectivity index (χ0v) is 19.2. The van der Waals surface area contributed by atoms with Gasteiger partial charge < -0.3 is 20.3 Å². The summed E-state index contributed by atoms with van der Waals surface area (Å²) < 4.78 is 10.4. The Bertz CT molecular complexity index is 881. The number of hydrogen-bond donors (Lipinski definition) is 2. The number of carbonyl (C=O) groups is 2. The molecule has 0 saturated heterocycles. The van der Waals surface area contributed by atoms with Gasteiger partial charge in [0.1, 0.15) is 13.2 Å². The van der Waals surface area contributed by atoms with Crippen LogP contribution in [-0.4, -0.2) is 61.5 Å². The zero-order valence-electron chi connectivity index (χ0n) is 19.2. The van der Waals surface area contributed by atoms with Gasteiger partial charge in [-0.25, -0.2) is 4.79 Å². The predicted molar refractivity (Wildman–Crippen MR) is 127 cm³/mol. The number of rotatable bonds is 7. The van der Waals surface area contributed by atoms with Gasteiger partial charge in [-0.05, 0) is 35.1 Å². The Balaban J connectivity index is 0.000000374. The molecule has 2 aromatic carbocycles. The molecule has 1 fully saturated rings. The highest BCUT2D eigenvalue weighted by Crippen LogP contribution is 2.44. The smallest absolute Gasteiger partial charge is 0.410 e. The maximum atomic E-state index is 12.4. The lowest BCUT2D eigenvalue weighted by atomic mass is 9.97. The molecule has 3 N–H and O–H groups in total. The van der Waals surface area contributed by atoms with Crippen LogP contribution < -0.4 is 5.73 Å². The Hall–Kier alpha value is -2.90. The molecule has 2 aliphatic rings. The standard InChI is InChI=1S/C20H21NO5.C6H13N/c1-25-11-10-21(12-19(22)23)20(24)26-13-18-16-8-4-2-6-14(16)15-7-3-5-9-17(15)18;7-6-4-2-1-3-5-6/h2-9,18H,10-13H2,1H3,(H,22,23);6H,1-5,7H2. The van der Waals surface area contributed by atoms with E-state index in [0.29, 0.717) is 6.04 Å². The minimum absolute atomic E-state index is 0.0551. The van der Waals surface area contributed by atoms with Crippen LogP contribution >= 0.6 is 0 Å². The number of nitrogens with two attached hydrogens (primary N) is 1. The average Bonchev–Trinajstić information content (AvgIpc) is 3.14. The molecule has 4 rings (SSSR count). The second-order valence-corrected chi connectivity index (χ2v) is 8.51. The predicted octanol–water partition coefficient (Wildman–Crippen LogP) is 4.25. The third kappa shape index (κ3) is 6.79. The molecule has 0 spiro atoms. The van der Waals surface area contributed by atoms with Gasteiger partial charge in [-0.1, -0.05) is 67.8 Å². The zero-order chi connectivity index (χ0) is 23.6. The number of hydrogen-bond acceptors (Lipinski definition) is 5. The number of carboxylic acids is 1. The van der Waals surface area contributed by atoms with Gasteiger partial charge >= 0.3 is 12.1 Å². The third-order valence-electron chi connectivity index (χ3n) is 6.14. The Morgan fingerprint density at radius 2 is 1.58 bits per heavy atom. The molecule has 2 aliphatic carbocycles. The highest BCUT2D eigenvalue weighted by atomic mass is 16.6. The number of carbonyl (C=O) groups excluding carboxylic acids is 1. The molecule has 1 saturated carbocycles. The van der Waals surface area contributed by atoms with Crippen molar-refractivity contribution in [3.05, 3.63) is 59.7 Å². The number of methoxy groups -OCH3 is 1. The first kappa shape index (κ1) is 24.7. The first-order valence-corrected chi connectivity index (χ1v) is 11.6. The van der Waals surface area contributed by atoms with Gasteiger partial charge in [-0.15, -0.1) is 0 Å². The van der Waals surface area contributed by atoms with Crippen molar-refractivity contribution >= 4 is 12.1 Å². The van der Waals surface area contributed by atoms with Gasteiger partial charge in [0.2, 0.25) is 0 Å². The summed E-state index contributed by atoms with van der Waals surface area (Å²) in [5, 5.41) is 8.98. The molecule has 178 valence electrons. The Kier molecular flexibility index (Phi) is 9.27. The molecule has 33 heavy (non-hydrogen) atoms. The molecule has 0 aliphatic heterocycles. The molecule has 0 radical (unpaired) electrons. The fourth-order valence-electron chi connectivity index (χ4n) is 4.42. The number of benzene rings is 2. The van der Waals surface area contributed by atoms with Crippen LogP contribution in [0.3, 0.4) is 0 Å². The van der Waals surface area contributed by atoms with Crippen molar-refractivity contribution in [2.45, 2.75) is 44.1 Å². The quantitative estimate of drug-likeness (QED) is 0.649. The molecule has 0 bridgehead atoms. The van der Waals surface area contributed by atoms with Gasteiger partial charge in [0.05, 0.1) is 6.61 Å². The highest BCUT2D eigenvalue weighted by Gasteiger charge is 2.29. The SMILES string of the molecule is COCCN(CC(=O)O)C(=O)OCC1c2ccccc2-c2ccccc21.NC1CCCCC1. The lowest BCUT2D eigenvalue weighted by Gasteiger charge is -2.21. The van der Waals surface area contributed by atoms with E-state index in [1.54, 1.807) is 0 Å². The lowest BCUT2D eigenvalue weighted by Crippen LogP contribution is -2.38. The van der Waals surface area contributed by atoms with Crippen LogP contribution in [0.15, 0.2) is 48.5 Å². The summed E-state index contributed by atoms with van der Waals surface area (Å²) in [5.74, 6) is -1.14. The molecular weight excluding hydrogens is 420 g/mol. The Labute approximate surface area is 195 Å². The van der Waals surface area contributed by atoms with E-state index in [2.05, 4.69) is 12.1 Å². The minimum Gasteiger partial charge on any atom is -0.480 e. The molecule has 2 aromatic rings. The number of carboxylic acid groups (broad SMARTS) is 1. The van der Waals surface area contributed by atoms with E-state index >= 15 is 0 Å². The molecular formula is C26H34N2O5. The van der Waals surface area contributed by atoms with Gasteiger partial charge in [-0.2, -0.15) is 0 Å². The third-order valence-corrected chi connectivity index (χ3v) is 6.14. The van der Waals surface area contributed by atoms with E-state index in [1.807, 2.05) is 36.4 Å². The van der Waals surface area contributed by atoms with E-state index in [-0.39, 0.29) is 25.7 Å². The van der Waals surface area contributed by atoms with Crippen LogP contribution in [-0.2, 0) is 14.3 Å². The van der Waals surface area contributed by atoms with Crippen molar-refractivity contribution in [3.8, 4) is 11.1 Å². The number of amides is 1. The fourth-order valence-corrected chi connectivity index (χ4v) is 4.42. The lowest BCUT2D eigenvalue weighted by molar-refractivity contribution is -0.138. The summed E-state index contributed by atoms with van der Waals surface area (Å²) in [6, 6.07) is 16.6. The Morgan fingerprint density at radius 1 is 1.00 bits per heavy atom. The maximum Gasteiger partial charge on any atom is 0.410 e. The number of aliphatic carboxylic acids is 1. The number of ether oxygens (including phenoxy) is 2. The molecule has 7 nitrogen and oxygen atoms in total. The summed E-state index contributed by atoms with van der Waals surface area (Å²) in [6.45, 7) is 0.160. The van der Waals surface area contributed by atoms with Crippen LogP contribution in [0.2, 0.25) is 0 Å². The van der Waals surface area contributed by atoms with Crippen molar-refractivity contribution in [2.75, 3.05) is 33.4 Å². The monoisotopic (exact) mass is 454 g/mol. The normalized spacial score (nSPS) is 15.1. The summed E-state index contributed by atoms with van der Waals surface area (Å²) >= 11 is 0. The first-order valence-electron chi connectivity index (χ1n) is 11.6. The van der Waals surface area contributed by atoms with Crippen LogP contribution in [0.5, 0.6) is 0 Å². The number of nitrogens with zero attached hydrogens (tertiary/aromatic N) is 1. The van der Waals surface area contributed by atoms with Crippen molar-refractivity contribution in [3.63, 3.8) is 0 Å². The highest BCUT2D eigenvalue weighted by molar-refractivity contribution is 5.79. The van der Waals surface area contributed by atoms with Crippen LogP contribution in [0.4, 0.5) is 4.79 Å². The maximum absolute atomic E-state index is 12.4. The molecule has 0 unspecified atom stereocenters. The second kappa shape index (κ2) is 12.4. The van der Waals surface area contributed by atoms with Crippen molar-refractivity contribution < 1.29 is 24.2 Å². The topological polar surface area (TPSA) is 102 Å². The van der Waals surface area contributed by atoms with Crippen molar-refractivity contribution in [1.29, 1.82) is 0 Å². The van der Waals surface area contributed by atoms with Gasteiger partial charge in [-0.3, -0.25) is 9.69 Å². The van der Waals surface area contributed by atoms with Crippen molar-refractivity contribution in [1.82, 2.24) is 4.90 Å². The Morgan fingerprint density at radius 3 is 2.06 bits per heavy atom. The fraction of sp³-hybridized carbons (Fsp3) is 0.462. The first-order chi connectivity index (χ1) is 16.0. The molecule has 1 amide bonds. The van der Waals surface area contributed by atoms with Crippen LogP contribution in [0, 0.1) is 0 Å². The van der Waals surface area contributed by atoms with Gasteiger partial charge in [0, 0.05) is 25.6 Å². The summed E-state index contributed by atoms with van der Waals surface area (Å²) in [6.07, 6.45) is 6.02. The average molecular weight is 455 g/mol. The molecule has 7 heteroatoms. The minimum atomic E-state index is -1.09. The summed E-state index contributed by atoms with van der Waals surface area (Å²) in [4.78, 5) is 24.5. The van der Waals surface area contributed by atoms with Crippen LogP contribution in [0.25, 0.3) is 11.1 Å².